The molecular formula is C22H21N5O2. The number of anilines is 1. The predicted molar refractivity (Wildman–Crippen MR) is 112 cm³/mol. The summed E-state index contributed by atoms with van der Waals surface area (Å²) in [7, 11) is 0. The molecule has 0 N–H and O–H groups in total. The first kappa shape index (κ1) is 17.6. The second kappa shape index (κ2) is 7.18. The Morgan fingerprint density at radius 3 is 2.76 bits per heavy atom. The number of aryl methyl sites for hydroxylation is 1. The minimum absolute atomic E-state index is 0.509. The third-order valence-corrected chi connectivity index (χ3v) is 5.01. The molecule has 1 saturated heterocycles. The Balaban J connectivity index is 1.60. The third-order valence-electron chi connectivity index (χ3n) is 5.01. The molecular weight excluding hydrogens is 366 g/mol. The van der Waals surface area contributed by atoms with Crippen LogP contribution in [0, 0.1) is 6.92 Å². The molecule has 29 heavy (non-hydrogen) atoms. The molecule has 0 atom stereocenters. The second-order valence-corrected chi connectivity index (χ2v) is 7.06. The van der Waals surface area contributed by atoms with Gasteiger partial charge in [-0.15, -0.1) is 0 Å². The molecule has 4 heterocycles. The zero-order valence-electron chi connectivity index (χ0n) is 16.2. The van der Waals surface area contributed by atoms with Crippen molar-refractivity contribution in [2.24, 2.45) is 0 Å². The molecule has 1 aromatic carbocycles. The topological polar surface area (TPSA) is 69.2 Å². The van der Waals surface area contributed by atoms with Crippen LogP contribution in [0.3, 0.4) is 0 Å². The Bertz CT molecular complexity index is 1190. The van der Waals surface area contributed by atoms with E-state index in [-0.39, 0.29) is 0 Å². The van der Waals surface area contributed by atoms with Gasteiger partial charge in [0.15, 0.2) is 11.4 Å². The van der Waals surface area contributed by atoms with Gasteiger partial charge in [0.25, 0.3) is 5.95 Å². The van der Waals surface area contributed by atoms with Gasteiger partial charge in [0.05, 0.1) is 19.4 Å². The van der Waals surface area contributed by atoms with Crippen LogP contribution in [0.4, 0.5) is 5.82 Å². The fourth-order valence-corrected chi connectivity index (χ4v) is 3.52. The molecule has 0 radical (unpaired) electrons. The molecule has 0 spiro atoms. The maximum absolute atomic E-state index is 5.92. The van der Waals surface area contributed by atoms with Crippen LogP contribution in [0.5, 0.6) is 0 Å². The highest BCUT2D eigenvalue weighted by Crippen LogP contribution is 2.29. The standard InChI is InChI=1S/C22H21N5O2/c1-3-18-12-19-20(29-18)21(26-7-9-28-10-8-26)25-22(24-19)27-14-17(13-23-27)16-6-4-5-15(2)11-16/h3-6,11-14H,1,7-10H2,2H3. The summed E-state index contributed by atoms with van der Waals surface area (Å²) in [4.78, 5) is 11.6. The Hall–Kier alpha value is -3.45. The van der Waals surface area contributed by atoms with Gasteiger partial charge in [0, 0.05) is 30.9 Å². The summed E-state index contributed by atoms with van der Waals surface area (Å²) in [6.07, 6.45) is 5.46. The third kappa shape index (κ3) is 3.30. The van der Waals surface area contributed by atoms with Crippen LogP contribution in [-0.4, -0.2) is 46.1 Å². The van der Waals surface area contributed by atoms with E-state index < -0.39 is 0 Å². The molecule has 0 bridgehead atoms. The number of morpholine rings is 1. The first-order chi connectivity index (χ1) is 14.2. The Morgan fingerprint density at radius 2 is 1.97 bits per heavy atom. The number of hydrogen-bond donors (Lipinski definition) is 0. The van der Waals surface area contributed by atoms with E-state index in [0.717, 1.165) is 35.6 Å². The number of ether oxygens (including phenoxy) is 1. The van der Waals surface area contributed by atoms with Crippen molar-refractivity contribution in [1.29, 1.82) is 0 Å². The summed E-state index contributed by atoms with van der Waals surface area (Å²) >= 11 is 0. The van der Waals surface area contributed by atoms with Gasteiger partial charge in [-0.25, -0.2) is 9.67 Å². The van der Waals surface area contributed by atoms with Crippen molar-refractivity contribution in [3.63, 3.8) is 0 Å². The van der Waals surface area contributed by atoms with E-state index in [2.05, 4.69) is 46.7 Å². The summed E-state index contributed by atoms with van der Waals surface area (Å²) in [5.74, 6) is 1.94. The fraction of sp³-hybridized carbons (Fsp3) is 0.227. The number of furan rings is 1. The largest absolute Gasteiger partial charge is 0.451 e. The number of fused-ring (bicyclic) bond motifs is 1. The summed E-state index contributed by atoms with van der Waals surface area (Å²) in [6.45, 7) is 8.71. The SMILES string of the molecule is C=Cc1cc2nc(-n3cc(-c4cccc(C)c4)cn3)nc(N3CCOCC3)c2o1. The summed E-state index contributed by atoms with van der Waals surface area (Å²) in [6, 6.07) is 10.2. The minimum atomic E-state index is 0.509. The van der Waals surface area contributed by atoms with Crippen LogP contribution in [0.1, 0.15) is 11.3 Å². The Kier molecular flexibility index (Phi) is 4.37. The number of nitrogens with zero attached hydrogens (tertiary/aromatic N) is 5. The Morgan fingerprint density at radius 1 is 1.10 bits per heavy atom. The number of hydrogen-bond acceptors (Lipinski definition) is 6. The summed E-state index contributed by atoms with van der Waals surface area (Å²) in [5.41, 5.74) is 4.74. The van der Waals surface area contributed by atoms with Crippen molar-refractivity contribution in [2.45, 2.75) is 6.92 Å². The average Bonchev–Trinajstić information content (AvgIpc) is 3.41. The number of aromatic nitrogens is 4. The maximum atomic E-state index is 5.92. The monoisotopic (exact) mass is 387 g/mol. The van der Waals surface area contributed by atoms with Crippen LogP contribution in [0.2, 0.25) is 0 Å². The molecule has 146 valence electrons. The van der Waals surface area contributed by atoms with Crippen LogP contribution < -0.4 is 4.90 Å². The van der Waals surface area contributed by atoms with E-state index in [1.165, 1.54) is 5.56 Å². The predicted octanol–water partition coefficient (Wildman–Crippen LogP) is 3.86. The van der Waals surface area contributed by atoms with Crippen LogP contribution in [0.25, 0.3) is 34.3 Å². The highest BCUT2D eigenvalue weighted by molar-refractivity contribution is 5.86. The molecule has 0 aliphatic carbocycles. The molecule has 1 aliphatic rings. The zero-order valence-corrected chi connectivity index (χ0v) is 16.2. The summed E-state index contributed by atoms with van der Waals surface area (Å²) in [5, 5.41) is 4.51. The normalized spacial score (nSPS) is 14.4. The first-order valence-electron chi connectivity index (χ1n) is 9.60. The van der Waals surface area contributed by atoms with Crippen LogP contribution in [-0.2, 0) is 4.74 Å². The molecule has 1 aliphatic heterocycles. The van der Waals surface area contributed by atoms with Gasteiger partial charge in [-0.1, -0.05) is 36.4 Å². The minimum Gasteiger partial charge on any atom is -0.451 e. The van der Waals surface area contributed by atoms with Gasteiger partial charge in [-0.3, -0.25) is 0 Å². The lowest BCUT2D eigenvalue weighted by Gasteiger charge is -2.27. The second-order valence-electron chi connectivity index (χ2n) is 7.06. The van der Waals surface area contributed by atoms with E-state index in [0.29, 0.717) is 30.5 Å². The lowest BCUT2D eigenvalue weighted by Crippen LogP contribution is -2.37. The molecule has 1 fully saturated rings. The van der Waals surface area contributed by atoms with Crippen molar-refractivity contribution in [3.8, 4) is 17.1 Å². The van der Waals surface area contributed by atoms with Crippen LogP contribution in [0.15, 0.2) is 53.7 Å². The smallest absolute Gasteiger partial charge is 0.253 e. The lowest BCUT2D eigenvalue weighted by atomic mass is 10.1. The first-order valence-corrected chi connectivity index (χ1v) is 9.60. The fourth-order valence-electron chi connectivity index (χ4n) is 3.52. The van der Waals surface area contributed by atoms with Crippen molar-refractivity contribution in [1.82, 2.24) is 19.7 Å². The maximum Gasteiger partial charge on any atom is 0.253 e. The molecule has 4 aromatic rings. The van der Waals surface area contributed by atoms with E-state index in [1.54, 1.807) is 10.8 Å². The highest BCUT2D eigenvalue weighted by atomic mass is 16.5. The number of rotatable bonds is 4. The van der Waals surface area contributed by atoms with Crippen molar-refractivity contribution >= 4 is 23.0 Å². The molecule has 5 rings (SSSR count). The Labute approximate surface area is 168 Å². The van der Waals surface area contributed by atoms with E-state index in [1.807, 2.05) is 24.5 Å². The van der Waals surface area contributed by atoms with E-state index in [4.69, 9.17) is 14.1 Å². The van der Waals surface area contributed by atoms with Gasteiger partial charge in [-0.2, -0.15) is 10.1 Å². The quantitative estimate of drug-likeness (QED) is 0.530. The van der Waals surface area contributed by atoms with Gasteiger partial charge in [0.1, 0.15) is 11.3 Å². The van der Waals surface area contributed by atoms with Gasteiger partial charge >= 0.3 is 0 Å². The van der Waals surface area contributed by atoms with E-state index in [9.17, 15) is 0 Å². The van der Waals surface area contributed by atoms with Crippen molar-refractivity contribution < 1.29 is 9.15 Å². The summed E-state index contributed by atoms with van der Waals surface area (Å²) < 4.78 is 13.1. The number of benzene rings is 1. The van der Waals surface area contributed by atoms with Crippen molar-refractivity contribution in [2.75, 3.05) is 31.2 Å². The zero-order chi connectivity index (χ0) is 19.8. The lowest BCUT2D eigenvalue weighted by molar-refractivity contribution is 0.122. The molecule has 7 heteroatoms. The molecule has 0 amide bonds. The molecule has 7 nitrogen and oxygen atoms in total. The van der Waals surface area contributed by atoms with Crippen molar-refractivity contribution in [3.05, 3.63) is 60.6 Å². The molecule has 0 saturated carbocycles. The molecule has 0 unspecified atom stereocenters. The van der Waals surface area contributed by atoms with Crippen LogP contribution >= 0.6 is 0 Å². The average molecular weight is 387 g/mol. The van der Waals surface area contributed by atoms with Gasteiger partial charge in [-0.05, 0) is 18.6 Å². The van der Waals surface area contributed by atoms with E-state index >= 15 is 0 Å². The van der Waals surface area contributed by atoms with Gasteiger partial charge in [0.2, 0.25) is 0 Å². The molecule has 3 aromatic heterocycles. The highest BCUT2D eigenvalue weighted by Gasteiger charge is 2.21. The van der Waals surface area contributed by atoms with Gasteiger partial charge < -0.3 is 14.1 Å².